The van der Waals surface area contributed by atoms with Crippen molar-refractivity contribution in [2.75, 3.05) is 12.0 Å². The molecule has 0 saturated carbocycles. The number of aryl methyl sites for hydroxylation is 1. The Bertz CT molecular complexity index is 568. The molecular formula is C13H16ClFN2S. The summed E-state index contributed by atoms with van der Waals surface area (Å²) in [7, 11) is 0. The third kappa shape index (κ3) is 2.36. The van der Waals surface area contributed by atoms with E-state index >= 15 is 0 Å². The average Bonchev–Trinajstić information content (AvgIpc) is 2.68. The van der Waals surface area contributed by atoms with E-state index in [1.807, 2.05) is 6.07 Å². The van der Waals surface area contributed by atoms with Crippen LogP contribution in [0.1, 0.15) is 24.4 Å². The first-order valence-electron chi connectivity index (χ1n) is 5.80. The summed E-state index contributed by atoms with van der Waals surface area (Å²) in [6.45, 7) is 3.90. The topological polar surface area (TPSA) is 17.8 Å². The van der Waals surface area contributed by atoms with Crippen LogP contribution in [-0.2, 0) is 5.88 Å². The molecule has 0 spiro atoms. The number of alkyl halides is 1. The molecule has 0 aliphatic carbocycles. The summed E-state index contributed by atoms with van der Waals surface area (Å²) >= 11 is 7.72. The fourth-order valence-electron chi connectivity index (χ4n) is 2.17. The summed E-state index contributed by atoms with van der Waals surface area (Å²) in [5.74, 6) is 1.91. The average molecular weight is 287 g/mol. The molecular weight excluding hydrogens is 271 g/mol. The van der Waals surface area contributed by atoms with E-state index in [0.717, 1.165) is 17.1 Å². The van der Waals surface area contributed by atoms with E-state index in [-0.39, 0.29) is 5.82 Å². The molecule has 0 aliphatic rings. The molecule has 1 unspecified atom stereocenters. The Balaban J connectivity index is 2.64. The number of halogens is 2. The number of nitrogens with zero attached hydrogens (tertiary/aromatic N) is 2. The Labute approximate surface area is 116 Å². The largest absolute Gasteiger partial charge is 0.323 e. The Hall–Kier alpha value is -0.740. The summed E-state index contributed by atoms with van der Waals surface area (Å²) in [4.78, 5) is 4.42. The van der Waals surface area contributed by atoms with Gasteiger partial charge in [-0.3, -0.25) is 0 Å². The maximum Gasteiger partial charge on any atom is 0.128 e. The van der Waals surface area contributed by atoms with Crippen LogP contribution in [0.15, 0.2) is 12.1 Å². The van der Waals surface area contributed by atoms with Crippen LogP contribution < -0.4 is 0 Å². The van der Waals surface area contributed by atoms with Crippen molar-refractivity contribution in [3.63, 3.8) is 0 Å². The van der Waals surface area contributed by atoms with Crippen molar-refractivity contribution < 1.29 is 4.39 Å². The van der Waals surface area contributed by atoms with Gasteiger partial charge in [0.2, 0.25) is 0 Å². The summed E-state index contributed by atoms with van der Waals surface area (Å²) in [5, 5.41) is 0. The summed E-state index contributed by atoms with van der Waals surface area (Å²) in [6.07, 6.45) is 2.07. The number of rotatable bonds is 4. The highest BCUT2D eigenvalue weighted by Crippen LogP contribution is 2.26. The van der Waals surface area contributed by atoms with E-state index in [4.69, 9.17) is 11.6 Å². The van der Waals surface area contributed by atoms with Gasteiger partial charge in [-0.1, -0.05) is 0 Å². The smallest absolute Gasteiger partial charge is 0.128 e. The molecule has 1 aromatic heterocycles. The van der Waals surface area contributed by atoms with Crippen LogP contribution in [-0.4, -0.2) is 21.6 Å². The Morgan fingerprint density at radius 3 is 2.83 bits per heavy atom. The van der Waals surface area contributed by atoms with Gasteiger partial charge < -0.3 is 4.57 Å². The van der Waals surface area contributed by atoms with Crippen LogP contribution in [0.4, 0.5) is 4.39 Å². The second kappa shape index (κ2) is 5.49. The van der Waals surface area contributed by atoms with Crippen molar-refractivity contribution in [3.05, 3.63) is 29.3 Å². The standard InChI is InChI=1S/C13H16ClFN2S/c1-8-4-12-11(5-10(8)15)16-13(6-14)17(12)9(2)7-18-3/h4-5,9H,6-7H2,1-3H3. The van der Waals surface area contributed by atoms with Crippen LogP contribution in [0.25, 0.3) is 11.0 Å². The molecule has 0 radical (unpaired) electrons. The number of benzene rings is 1. The van der Waals surface area contributed by atoms with Gasteiger partial charge in [-0.25, -0.2) is 9.37 Å². The third-order valence-electron chi connectivity index (χ3n) is 3.01. The van der Waals surface area contributed by atoms with Crippen molar-refractivity contribution in [1.29, 1.82) is 0 Å². The minimum absolute atomic E-state index is 0.217. The van der Waals surface area contributed by atoms with E-state index in [0.29, 0.717) is 23.0 Å². The number of hydrogen-bond acceptors (Lipinski definition) is 2. The molecule has 0 saturated heterocycles. The highest BCUT2D eigenvalue weighted by Gasteiger charge is 2.16. The lowest BCUT2D eigenvalue weighted by Crippen LogP contribution is -2.10. The molecule has 98 valence electrons. The number of aromatic nitrogens is 2. The van der Waals surface area contributed by atoms with Gasteiger partial charge in [0.25, 0.3) is 0 Å². The summed E-state index contributed by atoms with van der Waals surface area (Å²) in [6, 6.07) is 3.64. The van der Waals surface area contributed by atoms with Crippen molar-refractivity contribution >= 4 is 34.4 Å². The molecule has 18 heavy (non-hydrogen) atoms. The molecule has 2 nitrogen and oxygen atoms in total. The Morgan fingerprint density at radius 1 is 1.50 bits per heavy atom. The van der Waals surface area contributed by atoms with Gasteiger partial charge in [-0.15, -0.1) is 11.6 Å². The van der Waals surface area contributed by atoms with Gasteiger partial charge in [0, 0.05) is 17.9 Å². The number of fused-ring (bicyclic) bond motifs is 1. The van der Waals surface area contributed by atoms with Gasteiger partial charge in [-0.2, -0.15) is 11.8 Å². The minimum atomic E-state index is -0.217. The SMILES string of the molecule is CSCC(C)n1c(CCl)nc2cc(F)c(C)cc21. The number of hydrogen-bond donors (Lipinski definition) is 0. The fourth-order valence-corrected chi connectivity index (χ4v) is 2.99. The van der Waals surface area contributed by atoms with Crippen molar-refractivity contribution in [1.82, 2.24) is 9.55 Å². The second-order valence-electron chi connectivity index (χ2n) is 4.43. The van der Waals surface area contributed by atoms with Crippen molar-refractivity contribution in [2.24, 2.45) is 0 Å². The molecule has 1 aromatic carbocycles. The number of thioether (sulfide) groups is 1. The van der Waals surface area contributed by atoms with E-state index in [2.05, 4.69) is 22.7 Å². The first-order valence-corrected chi connectivity index (χ1v) is 7.73. The lowest BCUT2D eigenvalue weighted by Gasteiger charge is -2.16. The molecule has 1 atom stereocenters. The quantitative estimate of drug-likeness (QED) is 0.786. The van der Waals surface area contributed by atoms with E-state index < -0.39 is 0 Å². The first kappa shape index (κ1) is 13.7. The molecule has 0 fully saturated rings. The van der Waals surface area contributed by atoms with Crippen LogP contribution in [0.2, 0.25) is 0 Å². The van der Waals surface area contributed by atoms with Gasteiger partial charge >= 0.3 is 0 Å². The second-order valence-corrected chi connectivity index (χ2v) is 5.60. The van der Waals surface area contributed by atoms with Crippen molar-refractivity contribution in [3.8, 4) is 0 Å². The molecule has 0 amide bonds. The lowest BCUT2D eigenvalue weighted by molar-refractivity contribution is 0.604. The van der Waals surface area contributed by atoms with Gasteiger partial charge in [0.05, 0.1) is 16.9 Å². The zero-order chi connectivity index (χ0) is 13.3. The Morgan fingerprint density at radius 2 is 2.22 bits per heavy atom. The normalized spacial score (nSPS) is 13.2. The minimum Gasteiger partial charge on any atom is -0.323 e. The molecule has 1 heterocycles. The predicted molar refractivity (Wildman–Crippen MR) is 77.1 cm³/mol. The first-order chi connectivity index (χ1) is 8.58. The predicted octanol–water partition coefficient (Wildman–Crippen LogP) is 4.15. The van der Waals surface area contributed by atoms with Crippen LogP contribution >= 0.6 is 23.4 Å². The zero-order valence-electron chi connectivity index (χ0n) is 10.7. The van der Waals surface area contributed by atoms with E-state index in [1.54, 1.807) is 18.7 Å². The zero-order valence-corrected chi connectivity index (χ0v) is 12.3. The molecule has 2 aromatic rings. The van der Waals surface area contributed by atoms with Gasteiger partial charge in [0.15, 0.2) is 0 Å². The monoisotopic (exact) mass is 286 g/mol. The van der Waals surface area contributed by atoms with E-state index in [9.17, 15) is 4.39 Å². The molecule has 5 heteroatoms. The van der Waals surface area contributed by atoms with E-state index in [1.165, 1.54) is 6.07 Å². The molecule has 2 rings (SSSR count). The van der Waals surface area contributed by atoms with Crippen molar-refractivity contribution in [2.45, 2.75) is 25.8 Å². The fraction of sp³-hybridized carbons (Fsp3) is 0.462. The van der Waals surface area contributed by atoms with Crippen LogP contribution in [0, 0.1) is 12.7 Å². The van der Waals surface area contributed by atoms with Crippen LogP contribution in [0.3, 0.4) is 0 Å². The number of imidazole rings is 1. The maximum absolute atomic E-state index is 13.6. The van der Waals surface area contributed by atoms with Crippen LogP contribution in [0.5, 0.6) is 0 Å². The summed E-state index contributed by atoms with van der Waals surface area (Å²) in [5.41, 5.74) is 2.29. The summed E-state index contributed by atoms with van der Waals surface area (Å²) < 4.78 is 15.7. The van der Waals surface area contributed by atoms with Gasteiger partial charge in [-0.05, 0) is 31.7 Å². The lowest BCUT2D eigenvalue weighted by atomic mass is 10.2. The molecule has 0 aliphatic heterocycles. The maximum atomic E-state index is 13.6. The highest BCUT2D eigenvalue weighted by atomic mass is 35.5. The van der Waals surface area contributed by atoms with Gasteiger partial charge in [0.1, 0.15) is 11.6 Å². The Kier molecular flexibility index (Phi) is 4.17. The molecule has 0 N–H and O–H groups in total. The molecule has 0 bridgehead atoms. The highest BCUT2D eigenvalue weighted by molar-refractivity contribution is 7.98. The third-order valence-corrected chi connectivity index (χ3v) is 4.07.